The molecule has 0 radical (unpaired) electrons. The quantitative estimate of drug-likeness (QED) is 0.455. The minimum absolute atomic E-state index is 0.180. The fourth-order valence-corrected chi connectivity index (χ4v) is 0.853. The number of aromatic nitrogens is 1. The summed E-state index contributed by atoms with van der Waals surface area (Å²) in [6.45, 7) is 0.180. The van der Waals surface area contributed by atoms with E-state index in [4.69, 9.17) is 5.11 Å². The second-order valence-corrected chi connectivity index (χ2v) is 2.14. The summed E-state index contributed by atoms with van der Waals surface area (Å²) in [5.41, 5.74) is 1.05. The average molecular weight is 137 g/mol. The van der Waals surface area contributed by atoms with Gasteiger partial charge in [-0.15, -0.1) is 0 Å². The van der Waals surface area contributed by atoms with Gasteiger partial charge in [0.05, 0.1) is 11.9 Å². The Hall–Kier alpha value is -1.02. The van der Waals surface area contributed by atoms with Gasteiger partial charge in [0.2, 0.25) is 0 Å². The number of aliphatic hydroxyl groups excluding tert-OH is 1. The van der Waals surface area contributed by atoms with E-state index in [-0.39, 0.29) is 6.61 Å². The molecule has 0 aliphatic carbocycles. The Morgan fingerprint density at radius 1 is 1.50 bits per heavy atom. The molecule has 0 saturated carbocycles. The second-order valence-electron chi connectivity index (χ2n) is 2.14. The zero-order valence-electron chi connectivity index (χ0n) is 5.83. The molecule has 0 amide bonds. The Kier molecular flexibility index (Phi) is 2.29. The number of aliphatic hydroxyl groups is 1. The van der Waals surface area contributed by atoms with Gasteiger partial charge in [-0.05, 0) is 0 Å². The molecule has 0 saturated heterocycles. The van der Waals surface area contributed by atoms with Crippen LogP contribution < -0.4 is 4.57 Å². The summed E-state index contributed by atoms with van der Waals surface area (Å²) in [5, 5.41) is 8.60. The van der Waals surface area contributed by atoms with Crippen LogP contribution >= 0.6 is 0 Å². The van der Waals surface area contributed by atoms with Crippen LogP contribution in [-0.4, -0.2) is 11.7 Å². The van der Waals surface area contributed by atoms with Crippen LogP contribution in [0.25, 0.3) is 0 Å². The van der Waals surface area contributed by atoms with Crippen LogP contribution in [0, 0.1) is 7.05 Å². The van der Waals surface area contributed by atoms with E-state index in [1.807, 2.05) is 24.4 Å². The average Bonchev–Trinajstić information content (AvgIpc) is 1.94. The molecule has 2 heteroatoms. The Morgan fingerprint density at radius 2 is 2.30 bits per heavy atom. The molecule has 1 rings (SSSR count). The van der Waals surface area contributed by atoms with Crippen molar-refractivity contribution in [1.82, 2.24) is 0 Å². The summed E-state index contributed by atoms with van der Waals surface area (Å²) < 4.78 is 1.76. The highest BCUT2D eigenvalue weighted by atomic mass is 16.3. The molecule has 0 unspecified atom stereocenters. The van der Waals surface area contributed by atoms with Crippen LogP contribution in [-0.2, 0) is 6.42 Å². The Morgan fingerprint density at radius 3 is 2.90 bits per heavy atom. The predicted molar refractivity (Wildman–Crippen MR) is 38.2 cm³/mol. The summed E-state index contributed by atoms with van der Waals surface area (Å²) in [6, 6.07) is 5.80. The van der Waals surface area contributed by atoms with Crippen LogP contribution in [0.5, 0.6) is 0 Å². The number of nitrogens with zero attached hydrogens (tertiary/aromatic N) is 1. The molecule has 1 N–H and O–H groups in total. The van der Waals surface area contributed by atoms with Crippen molar-refractivity contribution in [3.8, 4) is 0 Å². The van der Waals surface area contributed by atoms with Gasteiger partial charge >= 0.3 is 0 Å². The van der Waals surface area contributed by atoms with Gasteiger partial charge in [-0.3, -0.25) is 0 Å². The van der Waals surface area contributed by atoms with Gasteiger partial charge in [0, 0.05) is 20.1 Å². The molecular weight excluding hydrogens is 126 g/mol. The van der Waals surface area contributed by atoms with E-state index in [1.165, 1.54) is 0 Å². The maximum atomic E-state index is 8.60. The smallest absolute Gasteiger partial charge is 0.0839 e. The summed E-state index contributed by atoms with van der Waals surface area (Å²) in [7, 11) is 3.74. The molecule has 10 heavy (non-hydrogen) atoms. The van der Waals surface area contributed by atoms with Crippen LogP contribution in [0.3, 0.4) is 0 Å². The van der Waals surface area contributed by atoms with Crippen molar-refractivity contribution in [2.75, 3.05) is 6.61 Å². The lowest BCUT2D eigenvalue weighted by Crippen LogP contribution is -2.30. The highest BCUT2D eigenvalue weighted by Crippen LogP contribution is 1.90. The normalized spacial score (nSPS) is 9.70. The highest BCUT2D eigenvalue weighted by molar-refractivity contribution is 4.97. The first-order chi connectivity index (χ1) is 4.84. The van der Waals surface area contributed by atoms with E-state index in [2.05, 4.69) is 7.05 Å². The predicted octanol–water partition coefficient (Wildman–Crippen LogP) is 0.149. The van der Waals surface area contributed by atoms with Gasteiger partial charge in [-0.25, -0.2) is 0 Å². The largest absolute Gasteiger partial charge is 0.397 e. The zero-order chi connectivity index (χ0) is 7.40. The van der Waals surface area contributed by atoms with Crippen LogP contribution in [0.1, 0.15) is 5.69 Å². The minimum Gasteiger partial charge on any atom is -0.397 e. The zero-order valence-corrected chi connectivity index (χ0v) is 5.83. The van der Waals surface area contributed by atoms with E-state index in [1.54, 1.807) is 4.57 Å². The van der Waals surface area contributed by atoms with Crippen molar-refractivity contribution in [2.24, 2.45) is 0 Å². The molecule has 0 spiro atoms. The van der Waals surface area contributed by atoms with Gasteiger partial charge < -0.3 is 9.67 Å². The summed E-state index contributed by atoms with van der Waals surface area (Å²) in [6.07, 6.45) is 2.54. The molecule has 1 heterocycles. The molecule has 0 aliphatic rings. The van der Waals surface area contributed by atoms with E-state index >= 15 is 0 Å². The fourth-order valence-electron chi connectivity index (χ4n) is 0.853. The maximum Gasteiger partial charge on any atom is 0.0839 e. The minimum atomic E-state index is 0.180. The van der Waals surface area contributed by atoms with Gasteiger partial charge in [0.1, 0.15) is 0 Å². The van der Waals surface area contributed by atoms with Crippen molar-refractivity contribution in [3.63, 3.8) is 0 Å². The van der Waals surface area contributed by atoms with Gasteiger partial charge in [0.15, 0.2) is 0 Å². The number of hydrogen-bond acceptors (Lipinski definition) is 1. The summed E-state index contributed by atoms with van der Waals surface area (Å²) >= 11 is 0. The third-order valence-corrected chi connectivity index (χ3v) is 1.40. The molecule has 0 fully saturated rings. The molecule has 54 valence electrons. The van der Waals surface area contributed by atoms with E-state index in [9.17, 15) is 0 Å². The molecule has 1 aromatic rings. The van der Waals surface area contributed by atoms with Gasteiger partial charge in [0.25, 0.3) is 0 Å². The van der Waals surface area contributed by atoms with E-state index in [0.717, 1.165) is 5.69 Å². The molecule has 0 aromatic carbocycles. The number of pyridine rings is 1. The molecule has 0 aliphatic heterocycles. The lowest BCUT2D eigenvalue weighted by atomic mass is 10.3. The van der Waals surface area contributed by atoms with Gasteiger partial charge in [-0.1, -0.05) is 18.2 Å². The first kappa shape index (κ1) is 7.09. The highest BCUT2D eigenvalue weighted by Gasteiger charge is 1.93. The lowest BCUT2D eigenvalue weighted by molar-refractivity contribution is -0.621. The Bertz CT molecular complexity index is 210. The van der Waals surface area contributed by atoms with E-state index < -0.39 is 0 Å². The third kappa shape index (κ3) is 1.48. The topological polar surface area (TPSA) is 24.1 Å². The molecule has 0 bridgehead atoms. The molecule has 0 atom stereocenters. The van der Waals surface area contributed by atoms with Crippen molar-refractivity contribution in [1.29, 1.82) is 0 Å². The monoisotopic (exact) mass is 137 g/mol. The van der Waals surface area contributed by atoms with E-state index in [0.29, 0.717) is 6.42 Å². The fraction of sp³-hybridized carbons (Fsp3) is 0.250. The molecule has 1 aromatic heterocycles. The van der Waals surface area contributed by atoms with Crippen molar-refractivity contribution < 1.29 is 9.67 Å². The van der Waals surface area contributed by atoms with Crippen LogP contribution in [0.2, 0.25) is 0 Å². The summed E-state index contributed by atoms with van der Waals surface area (Å²) in [4.78, 5) is 0. The van der Waals surface area contributed by atoms with Crippen molar-refractivity contribution in [2.45, 2.75) is 6.42 Å². The summed E-state index contributed by atoms with van der Waals surface area (Å²) in [5.74, 6) is 0. The second kappa shape index (κ2) is 3.22. The number of hydrogen-bond donors (Lipinski definition) is 1. The molecular formula is C8H11NO. The van der Waals surface area contributed by atoms with Crippen molar-refractivity contribution in [3.05, 3.63) is 37.1 Å². The van der Waals surface area contributed by atoms with Crippen LogP contribution in [0.15, 0.2) is 24.4 Å². The Labute approximate surface area is 60.8 Å². The lowest BCUT2D eigenvalue weighted by Gasteiger charge is -2.02. The van der Waals surface area contributed by atoms with Crippen LogP contribution in [0.4, 0.5) is 0 Å². The number of rotatable bonds is 2. The van der Waals surface area contributed by atoms with Gasteiger partial charge in [-0.2, -0.15) is 0 Å². The first-order valence-corrected chi connectivity index (χ1v) is 3.26. The SMILES string of the molecule is [CH2-][n+]1ccccc1CCO. The first-order valence-electron chi connectivity index (χ1n) is 3.26. The van der Waals surface area contributed by atoms with Crippen molar-refractivity contribution >= 4 is 0 Å². The molecule has 2 nitrogen and oxygen atoms in total. The standard InChI is InChI=1S/C8H11NO/c1-9-6-3-2-4-8(9)5-7-10/h2-4,6,10H,1,5,7H2. The third-order valence-electron chi connectivity index (χ3n) is 1.40. The maximum absolute atomic E-state index is 8.60. The Balaban J connectivity index is 2.81.